The SMILES string of the molecule is COC(=O)C(C)(O)COCC(C)C. The average Bonchev–Trinajstić information content (AvgIpc) is 2.01. The third-order valence-corrected chi connectivity index (χ3v) is 1.46. The molecule has 13 heavy (non-hydrogen) atoms. The van der Waals surface area contributed by atoms with Gasteiger partial charge in [0.15, 0.2) is 5.60 Å². The zero-order chi connectivity index (χ0) is 10.5. The first-order chi connectivity index (χ1) is 5.90. The van der Waals surface area contributed by atoms with Crippen LogP contribution in [0.4, 0.5) is 0 Å². The zero-order valence-electron chi connectivity index (χ0n) is 8.66. The van der Waals surface area contributed by atoms with Crippen LogP contribution in [0, 0.1) is 5.92 Å². The predicted molar refractivity (Wildman–Crippen MR) is 48.3 cm³/mol. The van der Waals surface area contributed by atoms with Crippen molar-refractivity contribution in [2.75, 3.05) is 20.3 Å². The molecule has 0 aromatic carbocycles. The summed E-state index contributed by atoms with van der Waals surface area (Å²) in [6.07, 6.45) is 0. The van der Waals surface area contributed by atoms with Crippen molar-refractivity contribution in [1.29, 1.82) is 0 Å². The van der Waals surface area contributed by atoms with Crippen molar-refractivity contribution in [2.45, 2.75) is 26.4 Å². The lowest BCUT2D eigenvalue weighted by atomic mass is 10.1. The second kappa shape index (κ2) is 5.19. The molecule has 0 spiro atoms. The van der Waals surface area contributed by atoms with Gasteiger partial charge in [-0.3, -0.25) is 0 Å². The molecule has 0 fully saturated rings. The topological polar surface area (TPSA) is 55.8 Å². The molecule has 0 aliphatic carbocycles. The van der Waals surface area contributed by atoms with Gasteiger partial charge in [-0.05, 0) is 12.8 Å². The van der Waals surface area contributed by atoms with E-state index in [0.29, 0.717) is 12.5 Å². The van der Waals surface area contributed by atoms with Gasteiger partial charge in [0.05, 0.1) is 13.7 Å². The highest BCUT2D eigenvalue weighted by molar-refractivity contribution is 5.78. The number of hydrogen-bond acceptors (Lipinski definition) is 4. The molecule has 0 aliphatic heterocycles. The molecule has 1 N–H and O–H groups in total. The molecule has 1 unspecified atom stereocenters. The van der Waals surface area contributed by atoms with Gasteiger partial charge in [-0.1, -0.05) is 13.8 Å². The van der Waals surface area contributed by atoms with Gasteiger partial charge in [-0.25, -0.2) is 4.79 Å². The van der Waals surface area contributed by atoms with E-state index in [-0.39, 0.29) is 6.61 Å². The lowest BCUT2D eigenvalue weighted by Gasteiger charge is -2.20. The monoisotopic (exact) mass is 190 g/mol. The Balaban J connectivity index is 3.82. The van der Waals surface area contributed by atoms with Crippen LogP contribution in [0.15, 0.2) is 0 Å². The normalized spacial score (nSPS) is 15.5. The highest BCUT2D eigenvalue weighted by atomic mass is 16.6. The van der Waals surface area contributed by atoms with Crippen LogP contribution in [0.5, 0.6) is 0 Å². The summed E-state index contributed by atoms with van der Waals surface area (Å²) in [7, 11) is 1.24. The van der Waals surface area contributed by atoms with E-state index in [1.54, 1.807) is 0 Å². The molecule has 1 atom stereocenters. The number of methoxy groups -OCH3 is 1. The number of esters is 1. The summed E-state index contributed by atoms with van der Waals surface area (Å²) in [5.74, 6) is -0.287. The van der Waals surface area contributed by atoms with Crippen LogP contribution in [-0.4, -0.2) is 37.0 Å². The van der Waals surface area contributed by atoms with Gasteiger partial charge in [0, 0.05) is 6.61 Å². The molecule has 0 rings (SSSR count). The number of hydrogen-bond donors (Lipinski definition) is 1. The first-order valence-electron chi connectivity index (χ1n) is 4.28. The van der Waals surface area contributed by atoms with Crippen molar-refractivity contribution in [2.24, 2.45) is 5.92 Å². The Bertz CT molecular complexity index is 163. The Morgan fingerprint density at radius 1 is 1.54 bits per heavy atom. The molecule has 0 saturated carbocycles. The first-order valence-corrected chi connectivity index (χ1v) is 4.28. The predicted octanol–water partition coefficient (Wildman–Crippen LogP) is 0.583. The maximum atomic E-state index is 11.0. The minimum absolute atomic E-state index is 0.0299. The van der Waals surface area contributed by atoms with Gasteiger partial charge in [0.2, 0.25) is 0 Å². The van der Waals surface area contributed by atoms with Crippen LogP contribution in [-0.2, 0) is 14.3 Å². The number of ether oxygens (including phenoxy) is 2. The maximum Gasteiger partial charge on any atom is 0.339 e. The van der Waals surface area contributed by atoms with Gasteiger partial charge >= 0.3 is 5.97 Å². The summed E-state index contributed by atoms with van der Waals surface area (Å²) in [5, 5.41) is 9.50. The fourth-order valence-electron chi connectivity index (χ4n) is 0.772. The van der Waals surface area contributed by atoms with Crippen molar-refractivity contribution >= 4 is 5.97 Å². The zero-order valence-corrected chi connectivity index (χ0v) is 8.66. The van der Waals surface area contributed by atoms with E-state index in [2.05, 4.69) is 4.74 Å². The second-order valence-electron chi connectivity index (χ2n) is 3.67. The Hall–Kier alpha value is -0.610. The fraction of sp³-hybridized carbons (Fsp3) is 0.889. The number of aliphatic hydroxyl groups is 1. The minimum atomic E-state index is -1.54. The number of carbonyl (C=O) groups is 1. The van der Waals surface area contributed by atoms with Crippen molar-refractivity contribution < 1.29 is 19.4 Å². The fourth-order valence-corrected chi connectivity index (χ4v) is 0.772. The van der Waals surface area contributed by atoms with Crippen LogP contribution in [0.25, 0.3) is 0 Å². The molecule has 0 saturated heterocycles. The Morgan fingerprint density at radius 3 is 2.46 bits per heavy atom. The molecule has 0 aromatic heterocycles. The van der Waals surface area contributed by atoms with Gasteiger partial charge in [-0.2, -0.15) is 0 Å². The van der Waals surface area contributed by atoms with Crippen LogP contribution < -0.4 is 0 Å². The second-order valence-corrected chi connectivity index (χ2v) is 3.67. The summed E-state index contributed by atoms with van der Waals surface area (Å²) in [6, 6.07) is 0. The summed E-state index contributed by atoms with van der Waals surface area (Å²) < 4.78 is 9.54. The molecule has 4 heteroatoms. The van der Waals surface area contributed by atoms with Crippen molar-refractivity contribution in [3.05, 3.63) is 0 Å². The number of rotatable bonds is 5. The van der Waals surface area contributed by atoms with E-state index in [0.717, 1.165) is 0 Å². The highest BCUT2D eigenvalue weighted by Crippen LogP contribution is 2.07. The van der Waals surface area contributed by atoms with Gasteiger partial charge in [-0.15, -0.1) is 0 Å². The van der Waals surface area contributed by atoms with Crippen molar-refractivity contribution in [1.82, 2.24) is 0 Å². The van der Waals surface area contributed by atoms with Crippen LogP contribution in [0.3, 0.4) is 0 Å². The largest absolute Gasteiger partial charge is 0.467 e. The summed E-state index contributed by atoms with van der Waals surface area (Å²) >= 11 is 0. The summed E-state index contributed by atoms with van der Waals surface area (Å²) in [4.78, 5) is 11.0. The Labute approximate surface area is 78.8 Å². The number of carbonyl (C=O) groups excluding carboxylic acids is 1. The molecule has 0 heterocycles. The van der Waals surface area contributed by atoms with E-state index in [1.165, 1.54) is 14.0 Å². The summed E-state index contributed by atoms with van der Waals surface area (Å²) in [5.41, 5.74) is -1.54. The molecule has 4 nitrogen and oxygen atoms in total. The van der Waals surface area contributed by atoms with E-state index in [9.17, 15) is 9.90 Å². The summed E-state index contributed by atoms with van der Waals surface area (Å²) in [6.45, 7) is 5.85. The molecule has 0 amide bonds. The van der Waals surface area contributed by atoms with Crippen LogP contribution >= 0.6 is 0 Å². The standard InChI is InChI=1S/C9H18O4/c1-7(2)5-13-6-9(3,11)8(10)12-4/h7,11H,5-6H2,1-4H3. The third-order valence-electron chi connectivity index (χ3n) is 1.46. The third kappa shape index (κ3) is 4.85. The van der Waals surface area contributed by atoms with Crippen LogP contribution in [0.2, 0.25) is 0 Å². The minimum Gasteiger partial charge on any atom is -0.467 e. The average molecular weight is 190 g/mol. The smallest absolute Gasteiger partial charge is 0.339 e. The molecule has 0 radical (unpaired) electrons. The van der Waals surface area contributed by atoms with E-state index in [4.69, 9.17) is 4.74 Å². The van der Waals surface area contributed by atoms with Crippen molar-refractivity contribution in [3.63, 3.8) is 0 Å². The molecule has 0 aromatic rings. The van der Waals surface area contributed by atoms with E-state index in [1.807, 2.05) is 13.8 Å². The van der Waals surface area contributed by atoms with E-state index < -0.39 is 11.6 Å². The highest BCUT2D eigenvalue weighted by Gasteiger charge is 2.31. The van der Waals surface area contributed by atoms with Crippen molar-refractivity contribution in [3.8, 4) is 0 Å². The molecular weight excluding hydrogens is 172 g/mol. The van der Waals surface area contributed by atoms with Gasteiger partial charge in [0.25, 0.3) is 0 Å². The molecule has 0 aliphatic rings. The van der Waals surface area contributed by atoms with Crippen LogP contribution in [0.1, 0.15) is 20.8 Å². The van der Waals surface area contributed by atoms with Gasteiger partial charge < -0.3 is 14.6 Å². The lowest BCUT2D eigenvalue weighted by Crippen LogP contribution is -2.41. The quantitative estimate of drug-likeness (QED) is 0.644. The molecule has 78 valence electrons. The molecule has 0 bridgehead atoms. The lowest BCUT2D eigenvalue weighted by molar-refractivity contribution is -0.166. The van der Waals surface area contributed by atoms with Gasteiger partial charge in [0.1, 0.15) is 0 Å². The van der Waals surface area contributed by atoms with E-state index >= 15 is 0 Å². The maximum absolute atomic E-state index is 11.0. The Kier molecular flexibility index (Phi) is 4.95. The Morgan fingerprint density at radius 2 is 2.08 bits per heavy atom. The first kappa shape index (κ1) is 12.4. The molecular formula is C9H18O4.